The number of phenolic OH excluding ortho intramolecular Hbond substituents is 1. The minimum absolute atomic E-state index is 0.201. The van der Waals surface area contributed by atoms with Crippen LogP contribution in [0, 0.1) is 0 Å². The average molecular weight is 510 g/mol. The van der Waals surface area contributed by atoms with Gasteiger partial charge in [-0.25, -0.2) is 14.8 Å². The molecule has 1 atom stereocenters. The van der Waals surface area contributed by atoms with Crippen LogP contribution in [0.4, 0.5) is 16.3 Å². The number of piperazine rings is 1. The maximum Gasteiger partial charge on any atom is 0.410 e. The van der Waals surface area contributed by atoms with E-state index in [0.29, 0.717) is 32.7 Å². The molecule has 6 rings (SSSR count). The Morgan fingerprint density at radius 2 is 1.76 bits per heavy atom. The van der Waals surface area contributed by atoms with Gasteiger partial charge in [-0.3, -0.25) is 0 Å². The lowest BCUT2D eigenvalue weighted by Gasteiger charge is -2.40. The lowest BCUT2D eigenvalue weighted by molar-refractivity contribution is 0.0941. The van der Waals surface area contributed by atoms with Gasteiger partial charge in [-0.15, -0.1) is 0 Å². The fraction of sp³-hybridized carbons (Fsp3) is 0.300. The highest BCUT2D eigenvalue weighted by Gasteiger charge is 2.31. The summed E-state index contributed by atoms with van der Waals surface area (Å²) in [4.78, 5) is 28.3. The van der Waals surface area contributed by atoms with Gasteiger partial charge < -0.3 is 24.5 Å². The molecule has 3 aromatic carbocycles. The molecule has 0 aliphatic carbocycles. The Morgan fingerprint density at radius 3 is 2.58 bits per heavy atom. The third kappa shape index (κ3) is 4.69. The molecule has 194 valence electrons. The van der Waals surface area contributed by atoms with Gasteiger partial charge in [-0.1, -0.05) is 54.6 Å². The molecule has 0 bridgehead atoms. The molecule has 0 saturated carbocycles. The monoisotopic (exact) mass is 509 g/mol. The molecule has 0 unspecified atom stereocenters. The second-order valence-electron chi connectivity index (χ2n) is 10.0. The number of amides is 1. The zero-order valence-electron chi connectivity index (χ0n) is 21.5. The molecule has 2 aliphatic heterocycles. The van der Waals surface area contributed by atoms with Crippen LogP contribution in [-0.2, 0) is 24.3 Å². The van der Waals surface area contributed by atoms with E-state index < -0.39 is 0 Å². The Balaban J connectivity index is 1.16. The first-order chi connectivity index (χ1) is 18.6. The minimum atomic E-state index is -0.277. The number of aromatic hydroxyl groups is 1. The highest BCUT2D eigenvalue weighted by atomic mass is 16.6. The number of rotatable bonds is 4. The number of nitrogens with zero attached hydrogens (tertiary/aromatic N) is 5. The summed E-state index contributed by atoms with van der Waals surface area (Å²) in [5.41, 5.74) is 4.17. The van der Waals surface area contributed by atoms with Crippen LogP contribution in [-0.4, -0.2) is 58.3 Å². The topological polar surface area (TPSA) is 82.0 Å². The Kier molecular flexibility index (Phi) is 6.45. The Hall–Kier alpha value is -4.33. The average Bonchev–Trinajstić information content (AvgIpc) is 2.95. The van der Waals surface area contributed by atoms with Crippen molar-refractivity contribution in [2.75, 3.05) is 36.0 Å². The maximum atomic E-state index is 12.6. The first-order valence-corrected chi connectivity index (χ1v) is 13.1. The van der Waals surface area contributed by atoms with Crippen LogP contribution < -0.4 is 9.80 Å². The molecular weight excluding hydrogens is 478 g/mol. The van der Waals surface area contributed by atoms with E-state index >= 15 is 0 Å². The summed E-state index contributed by atoms with van der Waals surface area (Å²) in [5, 5.41) is 12.5. The van der Waals surface area contributed by atoms with Gasteiger partial charge in [-0.05, 0) is 30.4 Å². The molecule has 38 heavy (non-hydrogen) atoms. The second kappa shape index (κ2) is 10.2. The molecular formula is C30H31N5O3. The molecule has 3 heterocycles. The minimum Gasteiger partial charge on any atom is -0.508 e. The number of phenols is 1. The van der Waals surface area contributed by atoms with Gasteiger partial charge in [0.1, 0.15) is 24.5 Å². The number of ether oxygens (including phenoxy) is 1. The highest BCUT2D eigenvalue weighted by molar-refractivity contribution is 5.96. The van der Waals surface area contributed by atoms with Crippen LogP contribution in [0.25, 0.3) is 10.8 Å². The van der Waals surface area contributed by atoms with Gasteiger partial charge in [0, 0.05) is 54.9 Å². The van der Waals surface area contributed by atoms with Crippen molar-refractivity contribution in [1.82, 2.24) is 14.9 Å². The van der Waals surface area contributed by atoms with Crippen LogP contribution in [0.2, 0.25) is 0 Å². The van der Waals surface area contributed by atoms with Crippen molar-refractivity contribution in [3.63, 3.8) is 0 Å². The largest absolute Gasteiger partial charge is 0.508 e. The molecule has 8 nitrogen and oxygen atoms in total. The molecule has 2 aliphatic rings. The van der Waals surface area contributed by atoms with Crippen molar-refractivity contribution in [2.45, 2.75) is 32.5 Å². The van der Waals surface area contributed by atoms with E-state index in [2.05, 4.69) is 32.8 Å². The number of fused-ring (bicyclic) bond motifs is 2. The van der Waals surface area contributed by atoms with Crippen molar-refractivity contribution in [1.29, 1.82) is 0 Å². The van der Waals surface area contributed by atoms with Gasteiger partial charge in [0.25, 0.3) is 0 Å². The Morgan fingerprint density at radius 1 is 1.00 bits per heavy atom. The normalized spacial score (nSPS) is 17.4. The quantitative estimate of drug-likeness (QED) is 0.425. The summed E-state index contributed by atoms with van der Waals surface area (Å²) in [5.74, 6) is 1.22. The summed E-state index contributed by atoms with van der Waals surface area (Å²) in [6.07, 6.45) is 2.17. The highest BCUT2D eigenvalue weighted by Crippen LogP contribution is 2.37. The predicted molar refractivity (Wildman–Crippen MR) is 147 cm³/mol. The van der Waals surface area contributed by atoms with Gasteiger partial charge >= 0.3 is 6.09 Å². The molecule has 1 saturated heterocycles. The molecule has 1 aromatic heterocycles. The summed E-state index contributed by atoms with van der Waals surface area (Å²) in [6.45, 7) is 5.69. The lowest BCUT2D eigenvalue weighted by Crippen LogP contribution is -2.50. The van der Waals surface area contributed by atoms with Crippen LogP contribution in [0.1, 0.15) is 23.7 Å². The molecule has 0 spiro atoms. The lowest BCUT2D eigenvalue weighted by atomic mass is 9.96. The van der Waals surface area contributed by atoms with Gasteiger partial charge in [0.2, 0.25) is 0 Å². The van der Waals surface area contributed by atoms with E-state index in [1.54, 1.807) is 17.3 Å². The van der Waals surface area contributed by atoms with Crippen molar-refractivity contribution >= 4 is 28.4 Å². The number of hydrogen-bond acceptors (Lipinski definition) is 7. The van der Waals surface area contributed by atoms with Crippen molar-refractivity contribution in [3.8, 4) is 5.75 Å². The Labute approximate surface area is 222 Å². The van der Waals surface area contributed by atoms with Gasteiger partial charge in [0.05, 0.1) is 12.2 Å². The number of carbonyl (C=O) groups excluding carboxylic acids is 1. The molecule has 4 aromatic rings. The number of anilines is 2. The molecule has 1 fully saturated rings. The molecule has 0 radical (unpaired) electrons. The van der Waals surface area contributed by atoms with Crippen LogP contribution in [0.15, 0.2) is 73.1 Å². The fourth-order valence-corrected chi connectivity index (χ4v) is 5.53. The van der Waals surface area contributed by atoms with Crippen LogP contribution >= 0.6 is 0 Å². The summed E-state index contributed by atoms with van der Waals surface area (Å²) >= 11 is 0. The third-order valence-corrected chi connectivity index (χ3v) is 7.54. The van der Waals surface area contributed by atoms with Crippen molar-refractivity contribution < 1.29 is 14.6 Å². The number of benzene rings is 3. The zero-order chi connectivity index (χ0) is 26.1. The molecule has 8 heteroatoms. The van der Waals surface area contributed by atoms with Crippen LogP contribution in [0.3, 0.4) is 0 Å². The summed E-state index contributed by atoms with van der Waals surface area (Å²) in [7, 11) is 0. The zero-order valence-corrected chi connectivity index (χ0v) is 21.5. The van der Waals surface area contributed by atoms with E-state index in [4.69, 9.17) is 4.74 Å². The maximum absolute atomic E-state index is 12.6. The first kappa shape index (κ1) is 24.0. The fourth-order valence-electron chi connectivity index (χ4n) is 5.53. The third-order valence-electron chi connectivity index (χ3n) is 7.54. The standard InChI is InChI=1S/C30H31N5O3/c1-21-15-26-27(18-35(21)28-17-24(36)16-23-9-5-6-10-25(23)28)31-20-32-29(26)33-11-13-34(14-12-33)30(37)38-19-22-7-3-2-4-8-22/h2-10,16-17,20-21,36H,11-15,18-19H2,1H3/t21-/m0/s1. The van der Waals surface area contributed by atoms with Crippen molar-refractivity contribution in [2.24, 2.45) is 0 Å². The van der Waals surface area contributed by atoms with E-state index in [1.165, 1.54) is 5.56 Å². The molecule has 1 amide bonds. The number of carbonyl (C=O) groups is 1. The van der Waals surface area contributed by atoms with Gasteiger partial charge in [0.15, 0.2) is 0 Å². The van der Waals surface area contributed by atoms with Crippen molar-refractivity contribution in [3.05, 3.63) is 89.9 Å². The van der Waals surface area contributed by atoms with E-state index in [9.17, 15) is 9.90 Å². The molecule has 1 N–H and O–H groups in total. The van der Waals surface area contributed by atoms with Gasteiger partial charge in [-0.2, -0.15) is 0 Å². The SMILES string of the molecule is C[C@H]1Cc2c(ncnc2N2CCN(C(=O)OCc3ccccc3)CC2)CN1c1cc(O)cc2ccccc12. The van der Waals surface area contributed by atoms with E-state index in [0.717, 1.165) is 40.0 Å². The predicted octanol–water partition coefficient (Wildman–Crippen LogP) is 4.75. The second-order valence-corrected chi connectivity index (χ2v) is 10.0. The van der Waals surface area contributed by atoms with E-state index in [-0.39, 0.29) is 24.5 Å². The summed E-state index contributed by atoms with van der Waals surface area (Å²) in [6, 6.07) is 21.7. The Bertz CT molecular complexity index is 1450. The number of hydrogen-bond donors (Lipinski definition) is 1. The summed E-state index contributed by atoms with van der Waals surface area (Å²) < 4.78 is 5.53. The van der Waals surface area contributed by atoms with Crippen LogP contribution in [0.5, 0.6) is 5.75 Å². The van der Waals surface area contributed by atoms with E-state index in [1.807, 2.05) is 54.6 Å². The first-order valence-electron chi connectivity index (χ1n) is 13.1. The smallest absolute Gasteiger partial charge is 0.410 e. The number of aromatic nitrogens is 2.